The van der Waals surface area contributed by atoms with E-state index >= 15 is 0 Å². The molecule has 21 heavy (non-hydrogen) atoms. The number of hydrogen-bond donors (Lipinski definition) is 6. The van der Waals surface area contributed by atoms with Gasteiger partial charge in [-0.3, -0.25) is 4.57 Å². The molecular formula is C9H14N2O8P2. The summed E-state index contributed by atoms with van der Waals surface area (Å²) in [5.41, 5.74) is 1.18. The first-order chi connectivity index (χ1) is 9.47. The van der Waals surface area contributed by atoms with Crippen LogP contribution in [0.15, 0.2) is 42.7 Å². The van der Waals surface area contributed by atoms with Gasteiger partial charge < -0.3 is 29.4 Å². The van der Waals surface area contributed by atoms with E-state index in [1.807, 2.05) is 30.6 Å². The Bertz CT molecular complexity index is 555. The third-order valence-electron chi connectivity index (χ3n) is 1.60. The molecule has 1 heterocycles. The Morgan fingerprint density at radius 2 is 1.43 bits per heavy atom. The second-order valence-electron chi connectivity index (χ2n) is 3.37. The van der Waals surface area contributed by atoms with E-state index in [1.54, 1.807) is 0 Å². The van der Waals surface area contributed by atoms with Gasteiger partial charge in [0.1, 0.15) is 12.4 Å². The normalized spacial score (nSPS) is 10.8. The van der Waals surface area contributed by atoms with Crippen molar-refractivity contribution in [1.82, 2.24) is 4.98 Å². The summed E-state index contributed by atoms with van der Waals surface area (Å²) in [7, 11) is -9.53. The molecule has 0 spiro atoms. The van der Waals surface area contributed by atoms with Crippen LogP contribution in [0, 0.1) is 0 Å². The molecule has 0 aliphatic carbocycles. The van der Waals surface area contributed by atoms with Gasteiger partial charge in [0.05, 0.1) is 5.56 Å². The van der Waals surface area contributed by atoms with Crippen LogP contribution in [-0.4, -0.2) is 29.5 Å². The van der Waals surface area contributed by atoms with Gasteiger partial charge in [-0.15, -0.1) is 0 Å². The lowest BCUT2D eigenvalue weighted by Crippen LogP contribution is -1.99. The predicted molar refractivity (Wildman–Crippen MR) is 69.1 cm³/mol. The molecule has 0 saturated carbocycles. The van der Waals surface area contributed by atoms with E-state index in [1.165, 1.54) is 5.56 Å². The number of hydrogen-bond acceptors (Lipinski definition) is 3. The van der Waals surface area contributed by atoms with Crippen molar-refractivity contribution < 1.29 is 43.5 Å². The fourth-order valence-electron chi connectivity index (χ4n) is 1.06. The van der Waals surface area contributed by atoms with E-state index in [-0.39, 0.29) is 0 Å². The largest absolute Gasteiger partial charge is 0.756 e. The molecule has 0 aliphatic heterocycles. The number of aromatic nitrogens is 2. The van der Waals surface area contributed by atoms with Crippen molar-refractivity contribution in [1.29, 1.82) is 0 Å². The molecule has 7 N–H and O–H groups in total. The SMILES string of the molecule is O=P(O)(O)O.O=P([O-])(O)O.c1ccc(-c2[nH]cc[nH+]2)cc1. The van der Waals surface area contributed by atoms with E-state index in [0.29, 0.717) is 0 Å². The van der Waals surface area contributed by atoms with Crippen LogP contribution >= 0.6 is 15.6 Å². The highest BCUT2D eigenvalue weighted by Gasteiger charge is 2.02. The van der Waals surface area contributed by atoms with Gasteiger partial charge in [0.25, 0.3) is 13.6 Å². The van der Waals surface area contributed by atoms with E-state index < -0.39 is 15.6 Å². The molecule has 1 aromatic carbocycles. The molecule has 0 radical (unpaired) electrons. The number of imidazole rings is 1. The van der Waals surface area contributed by atoms with Crippen molar-refractivity contribution in [2.75, 3.05) is 0 Å². The molecule has 0 atom stereocenters. The fraction of sp³-hybridized carbons (Fsp3) is 0. The number of nitrogens with one attached hydrogen (secondary N) is 2. The maximum Gasteiger partial charge on any atom is 0.466 e. The van der Waals surface area contributed by atoms with E-state index in [2.05, 4.69) is 22.1 Å². The lowest BCUT2D eigenvalue weighted by molar-refractivity contribution is -0.362. The smallest absolute Gasteiger partial charge is 0.466 e. The van der Waals surface area contributed by atoms with Gasteiger partial charge in [0.2, 0.25) is 0 Å². The van der Waals surface area contributed by atoms with Crippen molar-refractivity contribution in [3.63, 3.8) is 0 Å². The summed E-state index contributed by atoms with van der Waals surface area (Å²) in [4.78, 5) is 50.7. The van der Waals surface area contributed by atoms with Crippen molar-refractivity contribution >= 4 is 15.6 Å². The molecule has 0 aliphatic rings. The summed E-state index contributed by atoms with van der Waals surface area (Å²) >= 11 is 0. The Hall–Kier alpha value is -1.35. The molecular weight excluding hydrogens is 326 g/mol. The van der Waals surface area contributed by atoms with Crippen LogP contribution in [0.3, 0.4) is 0 Å². The van der Waals surface area contributed by atoms with Crippen molar-refractivity contribution in [3.05, 3.63) is 42.7 Å². The van der Waals surface area contributed by atoms with E-state index in [4.69, 9.17) is 38.5 Å². The van der Waals surface area contributed by atoms with Crippen LogP contribution in [0.5, 0.6) is 0 Å². The number of phosphoric acid groups is 2. The first-order valence-corrected chi connectivity index (χ1v) is 8.21. The standard InChI is InChI=1S/C9H8N2.2H3O4P/c1-2-4-8(5-3-1)9-10-6-7-11-9;2*1-5(2,3)4/h1-7H,(H,10,11);2*(H3,1,2,3,4). The molecule has 2 rings (SSSR count). The van der Waals surface area contributed by atoms with Crippen LogP contribution in [0.2, 0.25) is 0 Å². The van der Waals surface area contributed by atoms with Gasteiger partial charge in [0.15, 0.2) is 0 Å². The zero-order chi connectivity index (χ0) is 16.5. The molecule has 0 unspecified atom stereocenters. The van der Waals surface area contributed by atoms with Crippen LogP contribution in [0.25, 0.3) is 11.4 Å². The number of H-pyrrole nitrogens is 2. The minimum atomic E-state index is -4.89. The molecule has 118 valence electrons. The molecule has 0 fully saturated rings. The predicted octanol–water partition coefficient (Wildman–Crippen LogP) is -0.993. The monoisotopic (exact) mass is 340 g/mol. The topological polar surface area (TPSA) is 188 Å². The first-order valence-electron chi connectivity index (χ1n) is 5.12. The van der Waals surface area contributed by atoms with Gasteiger partial charge in [-0.2, -0.15) is 0 Å². The zero-order valence-electron chi connectivity index (χ0n) is 10.4. The summed E-state index contributed by atoms with van der Waals surface area (Å²) in [5.74, 6) is 1.05. The second-order valence-corrected chi connectivity index (χ2v) is 5.37. The number of rotatable bonds is 1. The molecule has 0 saturated heterocycles. The second kappa shape index (κ2) is 8.83. The lowest BCUT2D eigenvalue weighted by atomic mass is 10.2. The molecule has 10 nitrogen and oxygen atoms in total. The van der Waals surface area contributed by atoms with Crippen LogP contribution in [0.1, 0.15) is 0 Å². The first kappa shape index (κ1) is 19.7. The summed E-state index contributed by atoms with van der Waals surface area (Å²) in [6, 6.07) is 10.2. The van der Waals surface area contributed by atoms with Gasteiger partial charge in [-0.1, -0.05) is 18.2 Å². The summed E-state index contributed by atoms with van der Waals surface area (Å²) < 4.78 is 17.7. The van der Waals surface area contributed by atoms with E-state index in [9.17, 15) is 0 Å². The van der Waals surface area contributed by atoms with Crippen molar-refractivity contribution in [3.8, 4) is 11.4 Å². The summed E-state index contributed by atoms with van der Waals surface area (Å²) in [6.07, 6.45) is 3.75. The highest BCUT2D eigenvalue weighted by molar-refractivity contribution is 7.45. The molecule has 0 bridgehead atoms. The van der Waals surface area contributed by atoms with Gasteiger partial charge in [-0.25, -0.2) is 14.5 Å². The van der Waals surface area contributed by atoms with Crippen molar-refractivity contribution in [2.24, 2.45) is 0 Å². The van der Waals surface area contributed by atoms with Crippen LogP contribution in [-0.2, 0) is 9.13 Å². The molecule has 2 aromatic rings. The Labute approximate surface area is 119 Å². The zero-order valence-corrected chi connectivity index (χ0v) is 12.2. The lowest BCUT2D eigenvalue weighted by Gasteiger charge is -2.01. The maximum atomic E-state index is 8.88. The van der Waals surface area contributed by atoms with Crippen LogP contribution < -0.4 is 9.88 Å². The number of benzene rings is 1. The Morgan fingerprint density at radius 1 is 1.00 bits per heavy atom. The highest BCUT2D eigenvalue weighted by Crippen LogP contribution is 2.25. The average molecular weight is 340 g/mol. The summed E-state index contributed by atoms with van der Waals surface area (Å²) in [6.45, 7) is 0. The minimum Gasteiger partial charge on any atom is -0.756 e. The van der Waals surface area contributed by atoms with Crippen LogP contribution in [0.4, 0.5) is 0 Å². The Morgan fingerprint density at radius 3 is 1.76 bits per heavy atom. The molecule has 1 aromatic heterocycles. The van der Waals surface area contributed by atoms with Gasteiger partial charge in [0, 0.05) is 0 Å². The van der Waals surface area contributed by atoms with Gasteiger partial charge in [-0.05, 0) is 12.1 Å². The van der Waals surface area contributed by atoms with Crippen molar-refractivity contribution in [2.45, 2.75) is 0 Å². The maximum absolute atomic E-state index is 8.88. The summed E-state index contributed by atoms with van der Waals surface area (Å²) in [5, 5.41) is 0. The third-order valence-corrected chi connectivity index (χ3v) is 1.60. The molecule has 12 heteroatoms. The van der Waals surface area contributed by atoms with E-state index in [0.717, 1.165) is 5.82 Å². The number of aromatic amines is 2. The minimum absolute atomic E-state index is 1.05. The third kappa shape index (κ3) is 16.6. The van der Waals surface area contributed by atoms with Gasteiger partial charge >= 0.3 is 7.82 Å². The Balaban J connectivity index is 0.000000340. The average Bonchev–Trinajstić information content (AvgIpc) is 2.79. The molecule has 0 amide bonds. The Kier molecular flexibility index (Phi) is 8.26. The fourth-order valence-corrected chi connectivity index (χ4v) is 1.06. The highest BCUT2D eigenvalue weighted by atomic mass is 31.2. The quantitative estimate of drug-likeness (QED) is 0.357.